The number of nitrogen functional groups attached to an aromatic ring is 1. The largest absolute Gasteiger partial charge is 0.465 e. The van der Waals surface area contributed by atoms with Crippen LogP contribution in [-0.2, 0) is 23.4 Å². The zero-order valence-corrected chi connectivity index (χ0v) is 23.9. The van der Waals surface area contributed by atoms with E-state index in [0.29, 0.717) is 10.9 Å². The van der Waals surface area contributed by atoms with Crippen molar-refractivity contribution >= 4 is 30.6 Å². The molecule has 1 saturated heterocycles. The SMILES string of the molecule is CCOC(=O)[C@H](C)NP(=O)(OC[C@H]1O[C@@H](n2cc(-c3ncco3)c3c(N)ncnc32)[C@](C)(O)[C@@H]1O)Oc1ccccc1. The minimum absolute atomic E-state index is 0.122. The lowest BCUT2D eigenvalue weighted by atomic mass is 9.96. The average molecular weight is 603 g/mol. The first-order valence-corrected chi connectivity index (χ1v) is 14.6. The molecule has 0 bridgehead atoms. The van der Waals surface area contributed by atoms with Crippen molar-refractivity contribution in [1.29, 1.82) is 0 Å². The van der Waals surface area contributed by atoms with Gasteiger partial charge in [-0.15, -0.1) is 0 Å². The molecule has 4 heterocycles. The predicted molar refractivity (Wildman–Crippen MR) is 148 cm³/mol. The van der Waals surface area contributed by atoms with Gasteiger partial charge in [-0.3, -0.25) is 9.32 Å². The molecule has 16 heteroatoms. The van der Waals surface area contributed by atoms with E-state index in [9.17, 15) is 19.6 Å². The molecule has 0 aliphatic carbocycles. The summed E-state index contributed by atoms with van der Waals surface area (Å²) in [5.41, 5.74) is 4.99. The number of anilines is 1. The Kier molecular flexibility index (Phi) is 8.32. The molecule has 5 N–H and O–H groups in total. The number of esters is 1. The van der Waals surface area contributed by atoms with Crippen molar-refractivity contribution in [3.8, 4) is 17.2 Å². The number of aromatic nitrogens is 4. The topological polar surface area (TPSA) is 206 Å². The van der Waals surface area contributed by atoms with Gasteiger partial charge in [0.25, 0.3) is 0 Å². The molecular weight excluding hydrogens is 571 g/mol. The Morgan fingerprint density at radius 1 is 1.29 bits per heavy atom. The highest BCUT2D eigenvalue weighted by molar-refractivity contribution is 7.52. The summed E-state index contributed by atoms with van der Waals surface area (Å²) in [6, 6.07) is 7.15. The summed E-state index contributed by atoms with van der Waals surface area (Å²) in [5.74, 6) is -0.0806. The number of hydrogen-bond donors (Lipinski definition) is 4. The number of nitrogens with one attached hydrogen (secondary N) is 1. The maximum Gasteiger partial charge on any atom is 0.459 e. The molecule has 0 saturated carbocycles. The summed E-state index contributed by atoms with van der Waals surface area (Å²) < 4.78 is 43.1. The maximum atomic E-state index is 13.8. The van der Waals surface area contributed by atoms with Crippen molar-refractivity contribution in [3.05, 3.63) is 55.3 Å². The van der Waals surface area contributed by atoms with Gasteiger partial charge in [-0.25, -0.2) is 19.5 Å². The van der Waals surface area contributed by atoms with Crippen LogP contribution in [0.1, 0.15) is 27.0 Å². The molecule has 3 aromatic heterocycles. The summed E-state index contributed by atoms with van der Waals surface area (Å²) in [7, 11) is -4.25. The predicted octanol–water partition coefficient (Wildman–Crippen LogP) is 2.42. The van der Waals surface area contributed by atoms with Gasteiger partial charge >= 0.3 is 13.7 Å². The van der Waals surface area contributed by atoms with Gasteiger partial charge in [0.05, 0.1) is 30.4 Å². The third-order valence-electron chi connectivity index (χ3n) is 6.68. The first-order valence-electron chi connectivity index (χ1n) is 13.0. The summed E-state index contributed by atoms with van der Waals surface area (Å²) in [4.78, 5) is 24.8. The molecule has 15 nitrogen and oxygen atoms in total. The van der Waals surface area contributed by atoms with E-state index in [4.69, 9.17) is 28.7 Å². The molecule has 5 rings (SSSR count). The third-order valence-corrected chi connectivity index (χ3v) is 8.32. The number of carbonyl (C=O) groups excluding carboxylic acids is 1. The van der Waals surface area contributed by atoms with E-state index in [2.05, 4.69) is 20.0 Å². The van der Waals surface area contributed by atoms with E-state index >= 15 is 0 Å². The number of para-hydroxylation sites is 1. The zero-order valence-electron chi connectivity index (χ0n) is 23.0. The fourth-order valence-corrected chi connectivity index (χ4v) is 6.12. The van der Waals surface area contributed by atoms with Crippen LogP contribution < -0.4 is 15.3 Å². The highest BCUT2D eigenvalue weighted by Crippen LogP contribution is 2.48. The maximum absolute atomic E-state index is 13.8. The van der Waals surface area contributed by atoms with Crippen LogP contribution in [0.4, 0.5) is 5.82 Å². The van der Waals surface area contributed by atoms with Crippen molar-refractivity contribution < 1.29 is 42.5 Å². The smallest absolute Gasteiger partial charge is 0.459 e. The number of benzene rings is 1. The number of aliphatic hydroxyl groups excluding tert-OH is 1. The highest BCUT2D eigenvalue weighted by atomic mass is 31.2. The highest BCUT2D eigenvalue weighted by Gasteiger charge is 2.54. The van der Waals surface area contributed by atoms with Gasteiger partial charge in [-0.05, 0) is 32.9 Å². The lowest BCUT2D eigenvalue weighted by Crippen LogP contribution is -2.44. The van der Waals surface area contributed by atoms with E-state index in [0.717, 1.165) is 0 Å². The first-order chi connectivity index (χ1) is 20.0. The van der Waals surface area contributed by atoms with Crippen molar-refractivity contribution in [2.75, 3.05) is 18.9 Å². The van der Waals surface area contributed by atoms with E-state index in [1.54, 1.807) is 43.5 Å². The lowest BCUT2D eigenvalue weighted by molar-refractivity contribution is -0.144. The fraction of sp³-hybridized carbons (Fsp3) is 0.385. The summed E-state index contributed by atoms with van der Waals surface area (Å²) in [6.45, 7) is 4.09. The van der Waals surface area contributed by atoms with E-state index < -0.39 is 50.4 Å². The molecule has 0 radical (unpaired) electrons. The number of fused-ring (bicyclic) bond motifs is 1. The summed E-state index contributed by atoms with van der Waals surface area (Å²) in [5, 5.41) is 25.5. The second-order valence-electron chi connectivity index (χ2n) is 9.74. The van der Waals surface area contributed by atoms with E-state index in [1.165, 1.54) is 37.2 Å². The molecule has 0 spiro atoms. The number of aliphatic hydroxyl groups is 2. The Labute approximate surface area is 240 Å². The van der Waals surface area contributed by atoms with E-state index in [-0.39, 0.29) is 29.7 Å². The summed E-state index contributed by atoms with van der Waals surface area (Å²) >= 11 is 0. The first kappa shape index (κ1) is 29.6. The van der Waals surface area contributed by atoms with Crippen LogP contribution in [0.15, 0.2) is 59.7 Å². The van der Waals surface area contributed by atoms with Crippen molar-refractivity contribution in [2.24, 2.45) is 0 Å². The Hall–Kier alpha value is -3.85. The van der Waals surface area contributed by atoms with Gasteiger partial charge in [-0.2, -0.15) is 5.09 Å². The fourth-order valence-electron chi connectivity index (χ4n) is 4.62. The number of rotatable bonds is 11. The van der Waals surface area contributed by atoms with Crippen LogP contribution in [0.25, 0.3) is 22.5 Å². The third kappa shape index (κ3) is 5.75. The molecule has 1 unspecified atom stereocenters. The Morgan fingerprint density at radius 3 is 2.74 bits per heavy atom. The van der Waals surface area contributed by atoms with Crippen molar-refractivity contribution in [3.63, 3.8) is 0 Å². The number of carbonyl (C=O) groups is 1. The van der Waals surface area contributed by atoms with Crippen LogP contribution in [0.2, 0.25) is 0 Å². The Balaban J connectivity index is 1.41. The quantitative estimate of drug-likeness (QED) is 0.144. The Bertz CT molecular complexity index is 1580. The van der Waals surface area contributed by atoms with Gasteiger partial charge in [-0.1, -0.05) is 18.2 Å². The molecule has 6 atom stereocenters. The van der Waals surface area contributed by atoms with Crippen LogP contribution >= 0.6 is 7.75 Å². The molecule has 4 aromatic rings. The monoisotopic (exact) mass is 602 g/mol. The van der Waals surface area contributed by atoms with Crippen molar-refractivity contribution in [1.82, 2.24) is 24.6 Å². The molecule has 42 heavy (non-hydrogen) atoms. The number of oxazole rings is 1. The number of nitrogens with two attached hydrogens (primary N) is 1. The van der Waals surface area contributed by atoms with Crippen LogP contribution in [0.5, 0.6) is 5.75 Å². The normalized spacial score (nSPS) is 24.4. The molecule has 1 aliphatic heterocycles. The number of hydrogen-bond acceptors (Lipinski definition) is 13. The molecule has 0 amide bonds. The molecular formula is C26H31N6O9P. The van der Waals surface area contributed by atoms with Gasteiger partial charge in [0.1, 0.15) is 53.7 Å². The van der Waals surface area contributed by atoms with Gasteiger partial charge in [0.15, 0.2) is 6.23 Å². The standard InChI is InChI=1S/C26H31N6O9P/c1-4-37-24(34)15(2)31-42(36,41-16-8-6-5-7-9-16)39-13-18-20(33)26(3,35)25(40-18)32-12-17(23-28-10-11-38-23)19-21(27)29-14-30-22(19)32/h5-12,14-15,18,20,25,33,35H,4,13H2,1-3H3,(H,31,36)(H2,27,29,30)/t15-,18+,20+,25+,26+,42?/m0/s1. The molecule has 224 valence electrons. The second-order valence-corrected chi connectivity index (χ2v) is 11.4. The van der Waals surface area contributed by atoms with Crippen molar-refractivity contribution in [2.45, 2.75) is 50.8 Å². The average Bonchev–Trinajstić information content (AvgIpc) is 3.67. The molecule has 1 aliphatic rings. The van der Waals surface area contributed by atoms with Gasteiger partial charge in [0.2, 0.25) is 5.89 Å². The number of nitrogens with zero attached hydrogens (tertiary/aromatic N) is 4. The Morgan fingerprint density at radius 2 is 2.05 bits per heavy atom. The second kappa shape index (κ2) is 11.8. The number of ether oxygens (including phenoxy) is 2. The molecule has 1 fully saturated rings. The lowest BCUT2D eigenvalue weighted by Gasteiger charge is -2.27. The van der Waals surface area contributed by atoms with Gasteiger partial charge < -0.3 is 38.9 Å². The summed E-state index contributed by atoms with van der Waals surface area (Å²) in [6.07, 6.45) is 1.76. The minimum atomic E-state index is -4.25. The zero-order chi connectivity index (χ0) is 30.1. The minimum Gasteiger partial charge on any atom is -0.465 e. The van der Waals surface area contributed by atoms with Crippen LogP contribution in [-0.4, -0.2) is 72.8 Å². The van der Waals surface area contributed by atoms with Crippen LogP contribution in [0, 0.1) is 0 Å². The van der Waals surface area contributed by atoms with Gasteiger partial charge in [0, 0.05) is 6.20 Å². The van der Waals surface area contributed by atoms with Crippen LogP contribution in [0.3, 0.4) is 0 Å². The molecule has 1 aromatic carbocycles. The van der Waals surface area contributed by atoms with E-state index in [1.807, 2.05) is 0 Å².